The van der Waals surface area contributed by atoms with Crippen molar-refractivity contribution < 1.29 is 9.90 Å². The van der Waals surface area contributed by atoms with Crippen molar-refractivity contribution in [3.8, 4) is 0 Å². The monoisotopic (exact) mass is 284 g/mol. The molecular weight excluding hydrogens is 268 g/mol. The van der Waals surface area contributed by atoms with Gasteiger partial charge in [-0.25, -0.2) is 9.78 Å². The third-order valence-corrected chi connectivity index (χ3v) is 3.58. The Hall–Kier alpha value is -2.63. The number of hydrogen-bond acceptors (Lipinski definition) is 3. The molecular formula is C15H16N4O2. The fourth-order valence-electron chi connectivity index (χ4n) is 2.56. The maximum atomic E-state index is 11.3. The zero-order chi connectivity index (χ0) is 15.0. The van der Waals surface area contributed by atoms with Gasteiger partial charge in [-0.1, -0.05) is 6.07 Å². The van der Waals surface area contributed by atoms with Gasteiger partial charge in [-0.15, -0.1) is 0 Å². The molecule has 2 aromatic heterocycles. The lowest BCUT2D eigenvalue weighted by Gasteiger charge is -2.05. The molecule has 0 fully saturated rings. The molecule has 1 aromatic carbocycles. The summed E-state index contributed by atoms with van der Waals surface area (Å²) in [6.45, 7) is 2.64. The van der Waals surface area contributed by atoms with Crippen LogP contribution in [0.5, 0.6) is 0 Å². The average molecular weight is 284 g/mol. The molecule has 1 N–H and O–H groups in total. The van der Waals surface area contributed by atoms with E-state index in [-0.39, 0.29) is 5.56 Å². The highest BCUT2D eigenvalue weighted by molar-refractivity contribution is 6.01. The molecule has 0 aliphatic rings. The Balaban J connectivity index is 1.97. The van der Waals surface area contributed by atoms with Gasteiger partial charge in [0.15, 0.2) is 0 Å². The fraction of sp³-hybridized carbons (Fsp3) is 0.267. The molecule has 0 saturated carbocycles. The average Bonchev–Trinajstić information content (AvgIpc) is 2.98. The summed E-state index contributed by atoms with van der Waals surface area (Å²) in [6, 6.07) is 5.25. The Labute approximate surface area is 121 Å². The highest BCUT2D eigenvalue weighted by atomic mass is 16.4. The van der Waals surface area contributed by atoms with Crippen molar-refractivity contribution in [2.75, 3.05) is 0 Å². The van der Waals surface area contributed by atoms with E-state index in [0.717, 1.165) is 29.9 Å². The number of fused-ring (bicyclic) bond motifs is 1. The molecule has 2 heterocycles. The predicted octanol–water partition coefficient (Wildman–Crippen LogP) is 2.02. The molecule has 3 rings (SSSR count). The maximum Gasteiger partial charge on any atom is 0.337 e. The van der Waals surface area contributed by atoms with E-state index in [1.807, 2.05) is 32.4 Å². The molecule has 6 nitrogen and oxygen atoms in total. The van der Waals surface area contributed by atoms with Crippen LogP contribution in [0.4, 0.5) is 0 Å². The number of rotatable bonds is 4. The Bertz CT molecular complexity index is 816. The van der Waals surface area contributed by atoms with E-state index >= 15 is 0 Å². The summed E-state index contributed by atoms with van der Waals surface area (Å²) in [4.78, 5) is 15.7. The number of nitrogens with zero attached hydrogens (tertiary/aromatic N) is 4. The van der Waals surface area contributed by atoms with Crippen LogP contribution in [0.15, 0.2) is 30.6 Å². The fourth-order valence-corrected chi connectivity index (χ4v) is 2.56. The first-order valence-corrected chi connectivity index (χ1v) is 6.73. The minimum atomic E-state index is -0.947. The lowest BCUT2D eigenvalue weighted by molar-refractivity contribution is 0.0699. The van der Waals surface area contributed by atoms with Crippen molar-refractivity contribution in [1.82, 2.24) is 19.3 Å². The van der Waals surface area contributed by atoms with Crippen LogP contribution >= 0.6 is 0 Å². The van der Waals surface area contributed by atoms with Crippen molar-refractivity contribution in [3.05, 3.63) is 47.5 Å². The molecule has 21 heavy (non-hydrogen) atoms. The summed E-state index contributed by atoms with van der Waals surface area (Å²) in [5, 5.41) is 13.4. The van der Waals surface area contributed by atoms with Crippen molar-refractivity contribution in [3.63, 3.8) is 0 Å². The van der Waals surface area contributed by atoms with Crippen LogP contribution in [0.1, 0.15) is 21.7 Å². The van der Waals surface area contributed by atoms with E-state index < -0.39 is 5.97 Å². The van der Waals surface area contributed by atoms with Crippen LogP contribution in [0.2, 0.25) is 0 Å². The first-order chi connectivity index (χ1) is 10.1. The highest BCUT2D eigenvalue weighted by Crippen LogP contribution is 2.20. The number of carboxylic acid groups (broad SMARTS) is 1. The van der Waals surface area contributed by atoms with Crippen LogP contribution in [0, 0.1) is 6.92 Å². The first kappa shape index (κ1) is 13.4. The van der Waals surface area contributed by atoms with Crippen LogP contribution < -0.4 is 0 Å². The summed E-state index contributed by atoms with van der Waals surface area (Å²) in [5.41, 5.74) is 2.80. The third kappa shape index (κ3) is 2.40. The van der Waals surface area contributed by atoms with Gasteiger partial charge >= 0.3 is 5.97 Å². The minimum absolute atomic E-state index is 0.246. The minimum Gasteiger partial charge on any atom is -0.478 e. The zero-order valence-corrected chi connectivity index (χ0v) is 11.9. The summed E-state index contributed by atoms with van der Waals surface area (Å²) in [6.07, 6.45) is 4.66. The Morgan fingerprint density at radius 3 is 2.86 bits per heavy atom. The number of aromatic nitrogens is 4. The van der Waals surface area contributed by atoms with Crippen molar-refractivity contribution >= 4 is 17.0 Å². The van der Waals surface area contributed by atoms with Gasteiger partial charge in [0, 0.05) is 19.8 Å². The van der Waals surface area contributed by atoms with E-state index in [4.69, 9.17) is 0 Å². The molecule has 0 radical (unpaired) electrons. The Kier molecular flexibility index (Phi) is 3.21. The van der Waals surface area contributed by atoms with Gasteiger partial charge in [-0.3, -0.25) is 4.68 Å². The van der Waals surface area contributed by atoms with Gasteiger partial charge in [0.2, 0.25) is 0 Å². The van der Waals surface area contributed by atoms with Gasteiger partial charge in [-0.05, 0) is 31.0 Å². The topological polar surface area (TPSA) is 72.9 Å². The molecule has 108 valence electrons. The van der Waals surface area contributed by atoms with Crippen molar-refractivity contribution in [2.24, 2.45) is 7.05 Å². The molecule has 0 aliphatic heterocycles. The lowest BCUT2D eigenvalue weighted by Crippen LogP contribution is -2.03. The van der Waals surface area contributed by atoms with E-state index in [2.05, 4.69) is 14.6 Å². The highest BCUT2D eigenvalue weighted by Gasteiger charge is 2.14. The second-order valence-corrected chi connectivity index (χ2v) is 5.06. The molecule has 0 unspecified atom stereocenters. The summed E-state index contributed by atoms with van der Waals surface area (Å²) in [5.74, 6) is -0.125. The maximum absolute atomic E-state index is 11.3. The van der Waals surface area contributed by atoms with Gasteiger partial charge < -0.3 is 9.67 Å². The third-order valence-electron chi connectivity index (χ3n) is 3.58. The molecule has 3 aromatic rings. The van der Waals surface area contributed by atoms with Crippen LogP contribution in [-0.2, 0) is 20.0 Å². The second-order valence-electron chi connectivity index (χ2n) is 5.06. The zero-order valence-electron chi connectivity index (χ0n) is 11.9. The molecule has 6 heteroatoms. The van der Waals surface area contributed by atoms with Crippen LogP contribution in [-0.4, -0.2) is 30.4 Å². The number of benzene rings is 1. The summed E-state index contributed by atoms with van der Waals surface area (Å²) in [7, 11) is 1.89. The normalized spacial score (nSPS) is 11.1. The summed E-state index contributed by atoms with van der Waals surface area (Å²) >= 11 is 0. The lowest BCUT2D eigenvalue weighted by atomic mass is 10.2. The van der Waals surface area contributed by atoms with Crippen LogP contribution in [0.25, 0.3) is 11.0 Å². The molecule has 0 amide bonds. The van der Waals surface area contributed by atoms with Gasteiger partial charge in [0.05, 0.1) is 17.3 Å². The largest absolute Gasteiger partial charge is 0.478 e. The number of imidazole rings is 1. The summed E-state index contributed by atoms with van der Waals surface area (Å²) < 4.78 is 3.82. The van der Waals surface area contributed by atoms with E-state index in [0.29, 0.717) is 5.52 Å². The SMILES string of the molecule is Cc1nc2c(C(=O)O)cccc2n1CCc1cnn(C)c1. The molecule has 0 spiro atoms. The number of para-hydroxylation sites is 1. The van der Waals surface area contributed by atoms with Gasteiger partial charge in [0.25, 0.3) is 0 Å². The molecule has 0 bridgehead atoms. The van der Waals surface area contributed by atoms with Gasteiger partial charge in [-0.2, -0.15) is 5.10 Å². The quantitative estimate of drug-likeness (QED) is 0.795. The predicted molar refractivity (Wildman–Crippen MR) is 78.3 cm³/mol. The second kappa shape index (κ2) is 5.05. The Morgan fingerprint density at radius 2 is 2.19 bits per heavy atom. The number of aromatic carboxylic acids is 1. The van der Waals surface area contributed by atoms with Crippen LogP contribution in [0.3, 0.4) is 0 Å². The van der Waals surface area contributed by atoms with Gasteiger partial charge in [0.1, 0.15) is 11.3 Å². The molecule has 0 atom stereocenters. The molecule has 0 saturated heterocycles. The van der Waals surface area contributed by atoms with E-state index in [9.17, 15) is 9.90 Å². The smallest absolute Gasteiger partial charge is 0.337 e. The Morgan fingerprint density at radius 1 is 1.38 bits per heavy atom. The number of carboxylic acids is 1. The van der Waals surface area contributed by atoms with Crippen molar-refractivity contribution in [1.29, 1.82) is 0 Å². The number of carbonyl (C=O) groups is 1. The molecule has 0 aliphatic carbocycles. The van der Waals surface area contributed by atoms with E-state index in [1.165, 1.54) is 0 Å². The standard InChI is InChI=1S/C15H16N4O2/c1-10-17-14-12(15(20)21)4-3-5-13(14)19(10)7-6-11-8-16-18(2)9-11/h3-5,8-9H,6-7H2,1-2H3,(H,20,21). The number of aryl methyl sites for hydroxylation is 4. The van der Waals surface area contributed by atoms with E-state index in [1.54, 1.807) is 16.8 Å². The number of hydrogen-bond donors (Lipinski definition) is 1. The van der Waals surface area contributed by atoms with Crippen molar-refractivity contribution in [2.45, 2.75) is 19.9 Å². The first-order valence-electron chi connectivity index (χ1n) is 6.73.